The van der Waals surface area contributed by atoms with Crippen molar-refractivity contribution in [3.8, 4) is 0 Å². The monoisotopic (exact) mass is 269 g/mol. The van der Waals surface area contributed by atoms with Crippen molar-refractivity contribution in [3.63, 3.8) is 0 Å². The molecule has 1 aromatic carbocycles. The van der Waals surface area contributed by atoms with E-state index >= 15 is 0 Å². The fourth-order valence-electron chi connectivity index (χ4n) is 1.32. The summed E-state index contributed by atoms with van der Waals surface area (Å²) >= 11 is 0. The number of hydrogen-bond acceptors (Lipinski definition) is 4. The number of anilines is 1. The van der Waals surface area contributed by atoms with Crippen molar-refractivity contribution in [1.29, 1.82) is 0 Å². The molecule has 0 aliphatic heterocycles. The van der Waals surface area contributed by atoms with E-state index in [9.17, 15) is 14.0 Å². The molecule has 1 amide bonds. The predicted octanol–water partition coefficient (Wildman–Crippen LogP) is 2.96. The standard InChI is InChI=1S/C13H16FNO4/c1-13(2,3)19-12(17)15-10-6-5-8(14)7-9(10)11(16)18-4/h5-7H,1-4H3,(H,15,17). The Kier molecular flexibility index (Phi) is 4.47. The summed E-state index contributed by atoms with van der Waals surface area (Å²) in [5.74, 6) is -1.35. The summed E-state index contributed by atoms with van der Waals surface area (Å²) in [5.41, 5.74) is -0.619. The average Bonchev–Trinajstić information content (AvgIpc) is 2.28. The lowest BCUT2D eigenvalue weighted by atomic mass is 10.1. The fourth-order valence-corrected chi connectivity index (χ4v) is 1.32. The third-order valence-corrected chi connectivity index (χ3v) is 2.02. The lowest BCUT2D eigenvalue weighted by molar-refractivity contribution is 0.0601. The third kappa shape index (κ3) is 4.57. The van der Waals surface area contributed by atoms with Crippen molar-refractivity contribution in [3.05, 3.63) is 29.6 Å². The van der Waals surface area contributed by atoms with Gasteiger partial charge in [0.15, 0.2) is 0 Å². The molecule has 6 heteroatoms. The molecule has 0 aromatic heterocycles. The van der Waals surface area contributed by atoms with Gasteiger partial charge in [0.1, 0.15) is 11.4 Å². The molecular weight excluding hydrogens is 253 g/mol. The highest BCUT2D eigenvalue weighted by Crippen LogP contribution is 2.19. The molecule has 1 rings (SSSR count). The smallest absolute Gasteiger partial charge is 0.412 e. The van der Waals surface area contributed by atoms with Crippen molar-refractivity contribution in [2.75, 3.05) is 12.4 Å². The number of halogens is 1. The number of methoxy groups -OCH3 is 1. The Morgan fingerprint density at radius 1 is 1.26 bits per heavy atom. The van der Waals surface area contributed by atoms with E-state index in [0.717, 1.165) is 12.1 Å². The number of hydrogen-bond donors (Lipinski definition) is 1. The van der Waals surface area contributed by atoms with Crippen LogP contribution in [0.4, 0.5) is 14.9 Å². The summed E-state index contributed by atoms with van der Waals surface area (Å²) in [6.07, 6.45) is -0.732. The van der Waals surface area contributed by atoms with Crippen LogP contribution < -0.4 is 5.32 Å². The molecule has 0 saturated heterocycles. The molecule has 0 bridgehead atoms. The molecule has 0 radical (unpaired) electrons. The van der Waals surface area contributed by atoms with E-state index in [1.54, 1.807) is 20.8 Å². The summed E-state index contributed by atoms with van der Waals surface area (Å²) < 4.78 is 22.7. The largest absolute Gasteiger partial charge is 0.465 e. The number of carbonyl (C=O) groups is 2. The Morgan fingerprint density at radius 2 is 1.89 bits per heavy atom. The van der Waals surface area contributed by atoms with Crippen LogP contribution in [0, 0.1) is 5.82 Å². The summed E-state index contributed by atoms with van der Waals surface area (Å²) in [5, 5.41) is 2.38. The van der Waals surface area contributed by atoms with Gasteiger partial charge >= 0.3 is 12.1 Å². The van der Waals surface area contributed by atoms with Gasteiger partial charge in [-0.2, -0.15) is 0 Å². The number of nitrogens with one attached hydrogen (secondary N) is 1. The van der Waals surface area contributed by atoms with Gasteiger partial charge in [-0.05, 0) is 39.0 Å². The molecule has 0 aliphatic carbocycles. The van der Waals surface area contributed by atoms with E-state index < -0.39 is 23.5 Å². The van der Waals surface area contributed by atoms with Gasteiger partial charge in [0.05, 0.1) is 18.4 Å². The molecule has 0 fully saturated rings. The highest BCUT2D eigenvalue weighted by atomic mass is 19.1. The Bertz CT molecular complexity index is 494. The van der Waals surface area contributed by atoms with Gasteiger partial charge in [-0.25, -0.2) is 14.0 Å². The van der Waals surface area contributed by atoms with Crippen LogP contribution in [0.15, 0.2) is 18.2 Å². The van der Waals surface area contributed by atoms with E-state index in [1.807, 2.05) is 0 Å². The van der Waals surface area contributed by atoms with Gasteiger partial charge in [0, 0.05) is 0 Å². The van der Waals surface area contributed by atoms with Crippen molar-refractivity contribution in [2.45, 2.75) is 26.4 Å². The first-order valence-corrected chi connectivity index (χ1v) is 5.61. The van der Waals surface area contributed by atoms with Gasteiger partial charge in [0.2, 0.25) is 0 Å². The summed E-state index contributed by atoms with van der Waals surface area (Å²) in [4.78, 5) is 23.1. The number of ether oxygens (including phenoxy) is 2. The van der Waals surface area contributed by atoms with Gasteiger partial charge in [-0.15, -0.1) is 0 Å². The van der Waals surface area contributed by atoms with Gasteiger partial charge in [-0.1, -0.05) is 0 Å². The topological polar surface area (TPSA) is 64.6 Å². The second-order valence-corrected chi connectivity index (χ2v) is 4.81. The lowest BCUT2D eigenvalue weighted by Gasteiger charge is -2.20. The van der Waals surface area contributed by atoms with Crippen LogP contribution in [0.25, 0.3) is 0 Å². The first kappa shape index (κ1) is 14.9. The molecule has 1 N–H and O–H groups in total. The molecule has 0 unspecified atom stereocenters. The van der Waals surface area contributed by atoms with Crippen molar-refractivity contribution in [2.24, 2.45) is 0 Å². The van der Waals surface area contributed by atoms with Crippen LogP contribution in [0.5, 0.6) is 0 Å². The van der Waals surface area contributed by atoms with E-state index in [4.69, 9.17) is 4.74 Å². The Morgan fingerprint density at radius 3 is 2.42 bits per heavy atom. The third-order valence-electron chi connectivity index (χ3n) is 2.02. The highest BCUT2D eigenvalue weighted by Gasteiger charge is 2.19. The highest BCUT2D eigenvalue weighted by molar-refractivity contribution is 5.99. The van der Waals surface area contributed by atoms with Gasteiger partial charge in [-0.3, -0.25) is 5.32 Å². The normalized spacial score (nSPS) is 10.8. The maximum absolute atomic E-state index is 13.1. The summed E-state index contributed by atoms with van der Waals surface area (Å²) in [6, 6.07) is 3.38. The van der Waals surface area contributed by atoms with E-state index in [0.29, 0.717) is 0 Å². The number of rotatable bonds is 2. The Hall–Kier alpha value is -2.11. The van der Waals surface area contributed by atoms with E-state index in [-0.39, 0.29) is 11.3 Å². The molecule has 0 spiro atoms. The number of amides is 1. The number of esters is 1. The van der Waals surface area contributed by atoms with Crippen molar-refractivity contribution < 1.29 is 23.5 Å². The maximum atomic E-state index is 13.1. The lowest BCUT2D eigenvalue weighted by Crippen LogP contribution is -2.27. The van der Waals surface area contributed by atoms with E-state index in [1.165, 1.54) is 13.2 Å². The van der Waals surface area contributed by atoms with Crippen LogP contribution in [-0.4, -0.2) is 24.8 Å². The minimum atomic E-state index is -0.745. The first-order chi connectivity index (χ1) is 8.73. The van der Waals surface area contributed by atoms with Crippen LogP contribution in [0.2, 0.25) is 0 Å². The second-order valence-electron chi connectivity index (χ2n) is 4.81. The van der Waals surface area contributed by atoms with Crippen LogP contribution >= 0.6 is 0 Å². The molecule has 0 atom stereocenters. The summed E-state index contributed by atoms with van der Waals surface area (Å²) in [7, 11) is 1.17. The zero-order valence-electron chi connectivity index (χ0n) is 11.2. The predicted molar refractivity (Wildman–Crippen MR) is 67.6 cm³/mol. The van der Waals surface area contributed by atoms with Gasteiger partial charge < -0.3 is 9.47 Å². The molecular formula is C13H16FNO4. The molecule has 1 aromatic rings. The number of carbonyl (C=O) groups excluding carboxylic acids is 2. The molecule has 0 heterocycles. The van der Waals surface area contributed by atoms with Crippen LogP contribution in [-0.2, 0) is 9.47 Å². The molecule has 0 saturated carbocycles. The van der Waals surface area contributed by atoms with Crippen molar-refractivity contribution in [1.82, 2.24) is 0 Å². The van der Waals surface area contributed by atoms with Gasteiger partial charge in [0.25, 0.3) is 0 Å². The van der Waals surface area contributed by atoms with E-state index in [2.05, 4.69) is 10.1 Å². The zero-order valence-corrected chi connectivity index (χ0v) is 11.2. The summed E-state index contributed by atoms with van der Waals surface area (Å²) in [6.45, 7) is 5.12. The maximum Gasteiger partial charge on any atom is 0.412 e. The minimum Gasteiger partial charge on any atom is -0.465 e. The molecule has 104 valence electrons. The molecule has 5 nitrogen and oxygen atoms in total. The van der Waals surface area contributed by atoms with Crippen LogP contribution in [0.3, 0.4) is 0 Å². The minimum absolute atomic E-state index is 0.0756. The number of benzene rings is 1. The van der Waals surface area contributed by atoms with Crippen LogP contribution in [0.1, 0.15) is 31.1 Å². The fraction of sp³-hybridized carbons (Fsp3) is 0.385. The quantitative estimate of drug-likeness (QED) is 0.838. The Balaban J connectivity index is 2.95. The molecule has 0 aliphatic rings. The Labute approximate surface area is 110 Å². The molecule has 19 heavy (non-hydrogen) atoms. The SMILES string of the molecule is COC(=O)c1cc(F)ccc1NC(=O)OC(C)(C)C. The first-order valence-electron chi connectivity index (χ1n) is 5.61. The average molecular weight is 269 g/mol. The zero-order chi connectivity index (χ0) is 14.6. The van der Waals surface area contributed by atoms with Crippen molar-refractivity contribution >= 4 is 17.7 Å². The second kappa shape index (κ2) is 5.69.